The van der Waals surface area contributed by atoms with Crippen LogP contribution in [0.2, 0.25) is 0 Å². The number of piperazine rings is 1. The molecule has 7 nitrogen and oxygen atoms in total. The van der Waals surface area contributed by atoms with Gasteiger partial charge in [0.25, 0.3) is 0 Å². The lowest BCUT2D eigenvalue weighted by Crippen LogP contribution is -2.44. The zero-order chi connectivity index (χ0) is 19.2. The van der Waals surface area contributed by atoms with Crippen molar-refractivity contribution < 1.29 is 0 Å². The van der Waals surface area contributed by atoms with Crippen LogP contribution in [0.5, 0.6) is 0 Å². The summed E-state index contributed by atoms with van der Waals surface area (Å²) in [6, 6.07) is 4.02. The van der Waals surface area contributed by atoms with Gasteiger partial charge < -0.3 is 15.1 Å². The average molecular weight is 384 g/mol. The number of nitrogens with zero attached hydrogens (tertiary/aromatic N) is 6. The Hall–Kier alpha value is -2.58. The smallest absolute Gasteiger partial charge is 0.183 e. The molecule has 0 radical (unpaired) electrons. The van der Waals surface area contributed by atoms with Gasteiger partial charge in [0.15, 0.2) is 10.9 Å². The Bertz CT molecular complexity index is 830. The van der Waals surface area contributed by atoms with Crippen molar-refractivity contribution in [2.24, 2.45) is 9.98 Å². The molecule has 27 heavy (non-hydrogen) atoms. The summed E-state index contributed by atoms with van der Waals surface area (Å²) in [7, 11) is 4.01. The van der Waals surface area contributed by atoms with Crippen LogP contribution < -0.4 is 10.2 Å². The number of allylic oxidation sites excluding steroid dienone is 1. The van der Waals surface area contributed by atoms with Crippen LogP contribution in [0, 0.1) is 6.92 Å². The summed E-state index contributed by atoms with van der Waals surface area (Å²) >= 11 is 1.55. The quantitative estimate of drug-likeness (QED) is 0.777. The summed E-state index contributed by atoms with van der Waals surface area (Å²) in [4.78, 5) is 23.1. The maximum Gasteiger partial charge on any atom is 0.183 e. The number of hydrogen-bond acceptors (Lipinski definition) is 8. The fourth-order valence-corrected chi connectivity index (χ4v) is 3.74. The Balaban J connectivity index is 1.68. The third-order valence-electron chi connectivity index (χ3n) is 4.45. The minimum atomic E-state index is 0.671. The Kier molecular flexibility index (Phi) is 6.31. The number of nitrogens with one attached hydrogen (secondary N) is 1. The molecule has 2 aromatic heterocycles. The first-order valence-corrected chi connectivity index (χ1v) is 9.68. The van der Waals surface area contributed by atoms with Crippen molar-refractivity contribution in [2.75, 3.05) is 50.5 Å². The summed E-state index contributed by atoms with van der Waals surface area (Å²) in [5.41, 5.74) is 2.82. The molecule has 2 aromatic rings. The predicted molar refractivity (Wildman–Crippen MR) is 116 cm³/mol. The van der Waals surface area contributed by atoms with Crippen molar-refractivity contribution in [3.05, 3.63) is 35.0 Å². The lowest BCUT2D eigenvalue weighted by Gasteiger charge is -2.33. The molecular weight excluding hydrogens is 358 g/mol. The molecule has 3 rings (SSSR count). The maximum absolute atomic E-state index is 4.45. The van der Waals surface area contributed by atoms with E-state index in [9.17, 15) is 0 Å². The van der Waals surface area contributed by atoms with Crippen LogP contribution in [0.3, 0.4) is 0 Å². The normalized spacial score (nSPS) is 16.1. The molecule has 0 spiro atoms. The molecule has 1 N–H and O–H groups in total. The van der Waals surface area contributed by atoms with Crippen molar-refractivity contribution in [1.82, 2.24) is 14.9 Å². The number of hydrogen-bond donors (Lipinski definition) is 1. The highest BCUT2D eigenvalue weighted by Gasteiger charge is 2.14. The van der Waals surface area contributed by atoms with E-state index in [0.717, 1.165) is 53.3 Å². The van der Waals surface area contributed by atoms with Gasteiger partial charge in [-0.3, -0.25) is 4.99 Å². The third-order valence-corrected chi connectivity index (χ3v) is 5.65. The fraction of sp³-hybridized carbons (Fsp3) is 0.368. The predicted octanol–water partition coefficient (Wildman–Crippen LogP) is 3.08. The highest BCUT2D eigenvalue weighted by atomic mass is 32.1. The van der Waals surface area contributed by atoms with E-state index in [1.807, 2.05) is 32.3 Å². The molecule has 8 heteroatoms. The molecule has 1 aliphatic rings. The van der Waals surface area contributed by atoms with Crippen LogP contribution in [0.1, 0.15) is 10.6 Å². The lowest BCUT2D eigenvalue weighted by molar-refractivity contribution is 0.313. The fourth-order valence-electron chi connectivity index (χ4n) is 2.83. The molecule has 0 atom stereocenters. The Morgan fingerprint density at radius 2 is 2.07 bits per heavy atom. The van der Waals surface area contributed by atoms with Crippen molar-refractivity contribution in [3.8, 4) is 0 Å². The van der Waals surface area contributed by atoms with Gasteiger partial charge in [0.2, 0.25) is 0 Å². The molecule has 1 aliphatic heterocycles. The standard InChI is InChI=1S/C19H25N7S/c1-14-18(27-19(21-3)24-14)16(20-2)7-8-22-17-6-5-15(13-23-17)26-11-9-25(4)10-12-26/h5-8,13H,2,9-12H2,1,3-4H3,(H,21,24)/b16-7-,22-8-. The van der Waals surface area contributed by atoms with Gasteiger partial charge in [0.05, 0.1) is 28.2 Å². The number of likely N-dealkylation sites (N-methyl/N-ethyl adjacent to an activating group) is 1. The minimum Gasteiger partial charge on any atom is -0.368 e. The first kappa shape index (κ1) is 19.2. The molecule has 0 saturated carbocycles. The van der Waals surface area contributed by atoms with Crippen molar-refractivity contribution >= 4 is 46.6 Å². The van der Waals surface area contributed by atoms with E-state index in [1.54, 1.807) is 17.6 Å². The van der Waals surface area contributed by atoms with Gasteiger partial charge >= 0.3 is 0 Å². The highest BCUT2D eigenvalue weighted by Crippen LogP contribution is 2.29. The van der Waals surface area contributed by atoms with Gasteiger partial charge in [0, 0.05) is 39.4 Å². The monoisotopic (exact) mass is 383 g/mol. The van der Waals surface area contributed by atoms with E-state index in [-0.39, 0.29) is 0 Å². The summed E-state index contributed by atoms with van der Waals surface area (Å²) in [6.45, 7) is 9.83. The van der Waals surface area contributed by atoms with Crippen LogP contribution in [-0.2, 0) is 0 Å². The zero-order valence-electron chi connectivity index (χ0n) is 16.0. The molecule has 3 heterocycles. The van der Waals surface area contributed by atoms with Crippen molar-refractivity contribution in [2.45, 2.75) is 6.92 Å². The molecule has 0 bridgehead atoms. The summed E-state index contributed by atoms with van der Waals surface area (Å²) in [6.07, 6.45) is 5.43. The van der Waals surface area contributed by atoms with Gasteiger partial charge in [-0.2, -0.15) is 0 Å². The number of anilines is 2. The second-order valence-corrected chi connectivity index (χ2v) is 7.34. The topological polar surface area (TPSA) is 69.0 Å². The molecule has 0 aliphatic carbocycles. The van der Waals surface area contributed by atoms with Gasteiger partial charge in [-0.25, -0.2) is 15.0 Å². The van der Waals surface area contributed by atoms with E-state index in [0.29, 0.717) is 5.82 Å². The SMILES string of the molecule is C=N/C(=C\C=N/c1ccc(N2CCN(C)CC2)cn1)c1sc(NC)nc1C. The molecule has 0 amide bonds. The number of aryl methyl sites for hydroxylation is 1. The van der Waals surface area contributed by atoms with Crippen LogP contribution in [0.15, 0.2) is 34.4 Å². The van der Waals surface area contributed by atoms with E-state index in [4.69, 9.17) is 0 Å². The number of thiazole rings is 1. The van der Waals surface area contributed by atoms with Crippen LogP contribution >= 0.6 is 11.3 Å². The van der Waals surface area contributed by atoms with E-state index in [1.165, 1.54) is 0 Å². The molecule has 0 unspecified atom stereocenters. The number of aliphatic imine (C=N–C) groups is 2. The second-order valence-electron chi connectivity index (χ2n) is 6.34. The molecule has 142 valence electrons. The molecule has 1 saturated heterocycles. The van der Waals surface area contributed by atoms with Crippen LogP contribution in [-0.4, -0.2) is 68.1 Å². The number of aromatic nitrogens is 2. The summed E-state index contributed by atoms with van der Waals surface area (Å²) in [5, 5.41) is 3.91. The molecular formula is C19H25N7S. The second kappa shape index (κ2) is 8.88. The molecule has 0 aromatic carbocycles. The van der Waals surface area contributed by atoms with Gasteiger partial charge in [0.1, 0.15) is 0 Å². The van der Waals surface area contributed by atoms with E-state index in [2.05, 4.69) is 54.9 Å². The number of pyridine rings is 1. The Labute approximate surface area is 164 Å². The average Bonchev–Trinajstić information content (AvgIpc) is 3.07. The Morgan fingerprint density at radius 3 is 2.67 bits per heavy atom. The van der Waals surface area contributed by atoms with Crippen LogP contribution in [0.4, 0.5) is 16.6 Å². The van der Waals surface area contributed by atoms with Gasteiger partial charge in [-0.15, -0.1) is 0 Å². The highest BCUT2D eigenvalue weighted by molar-refractivity contribution is 7.16. The summed E-state index contributed by atoms with van der Waals surface area (Å²) < 4.78 is 0. The largest absolute Gasteiger partial charge is 0.368 e. The maximum atomic E-state index is 4.45. The number of rotatable bonds is 6. The summed E-state index contributed by atoms with van der Waals surface area (Å²) in [5.74, 6) is 0.671. The van der Waals surface area contributed by atoms with Crippen molar-refractivity contribution in [1.29, 1.82) is 0 Å². The van der Waals surface area contributed by atoms with E-state index >= 15 is 0 Å². The molecule has 1 fully saturated rings. The third kappa shape index (κ3) is 4.78. The first-order chi connectivity index (χ1) is 13.1. The first-order valence-electron chi connectivity index (χ1n) is 8.87. The lowest BCUT2D eigenvalue weighted by atomic mass is 10.3. The van der Waals surface area contributed by atoms with Crippen LogP contribution in [0.25, 0.3) is 5.70 Å². The zero-order valence-corrected chi connectivity index (χ0v) is 16.8. The minimum absolute atomic E-state index is 0.671. The Morgan fingerprint density at radius 1 is 1.30 bits per heavy atom. The van der Waals surface area contributed by atoms with Crippen molar-refractivity contribution in [3.63, 3.8) is 0 Å². The van der Waals surface area contributed by atoms with Gasteiger partial charge in [-0.1, -0.05) is 11.3 Å². The van der Waals surface area contributed by atoms with E-state index < -0.39 is 0 Å². The van der Waals surface area contributed by atoms with Gasteiger partial charge in [-0.05, 0) is 38.9 Å².